The fourth-order valence-electron chi connectivity index (χ4n) is 12.9. The minimum absolute atomic E-state index is 0.0884. The zero-order valence-electron chi connectivity index (χ0n) is 70.7. The average molecular weight is 1840 g/mol. The van der Waals surface area contributed by atoms with Crippen molar-refractivity contribution in [3.8, 4) is 5.75 Å². The van der Waals surface area contributed by atoms with Crippen LogP contribution in [0.5, 0.6) is 5.75 Å². The first kappa shape index (κ1) is 106. The Hall–Kier alpha value is -13.7. The lowest BCUT2D eigenvalue weighted by atomic mass is 10.0. The summed E-state index contributed by atoms with van der Waals surface area (Å²) in [6.45, 7) is 0.722. The molecule has 0 bridgehead atoms. The Bertz CT molecular complexity index is 4780. The van der Waals surface area contributed by atoms with Crippen LogP contribution in [-0.2, 0) is 115 Å². The molecule has 5 rings (SSSR count). The molecule has 2 aromatic heterocycles. The molecule has 0 fully saturated rings. The summed E-state index contributed by atoms with van der Waals surface area (Å²) < 4.78 is 5.26. The molecule has 0 aliphatic carbocycles. The van der Waals surface area contributed by atoms with Crippen LogP contribution in [0.25, 0.3) is 21.8 Å². The van der Waals surface area contributed by atoms with Crippen LogP contribution in [0.1, 0.15) is 108 Å². The Balaban J connectivity index is 1.44. The third-order valence-electron chi connectivity index (χ3n) is 19.6. The summed E-state index contributed by atoms with van der Waals surface area (Å²) in [6, 6.07) is -1.43. The molecule has 0 aliphatic heterocycles. The maximum absolute atomic E-state index is 15.3. The highest BCUT2D eigenvalue weighted by atomic mass is 32.1. The molecule has 0 saturated heterocycles. The van der Waals surface area contributed by atoms with Gasteiger partial charge in [0.15, 0.2) is 5.96 Å². The molecule has 3 aromatic carbocycles. The van der Waals surface area contributed by atoms with Crippen LogP contribution in [0, 0.1) is 5.41 Å². The van der Waals surface area contributed by atoms with E-state index in [4.69, 9.17) is 44.5 Å². The molecule has 18 amide bonds. The van der Waals surface area contributed by atoms with Gasteiger partial charge in [-0.25, -0.2) is 0 Å². The number of carboxylic acid groups (broad SMARTS) is 1. The lowest BCUT2D eigenvalue weighted by Crippen LogP contribution is -2.62. The number of thiol groups is 2. The molecule has 0 radical (unpaired) electrons. The van der Waals surface area contributed by atoms with Gasteiger partial charge in [-0.05, 0) is 106 Å². The lowest BCUT2D eigenvalue weighted by molar-refractivity contribution is -0.139. The maximum atomic E-state index is 15.3. The topological polar surface area (TPSA) is 786 Å². The van der Waals surface area contributed by atoms with E-state index in [1.165, 1.54) is 36.7 Å². The third kappa shape index (κ3) is 37.4. The normalized spacial score (nSPS) is 14.1. The minimum atomic E-state index is -1.94. The van der Waals surface area contributed by atoms with Gasteiger partial charge in [0, 0.05) is 104 Å². The van der Waals surface area contributed by atoms with Gasteiger partial charge in [0.05, 0.1) is 25.7 Å². The summed E-state index contributed by atoms with van der Waals surface area (Å²) in [5.74, 6) is -21.6. The number of nitrogens with one attached hydrogen (secondary N) is 18. The van der Waals surface area contributed by atoms with E-state index in [9.17, 15) is 96.8 Å². The Morgan fingerprint density at radius 3 is 1.33 bits per heavy atom. The highest BCUT2D eigenvalue weighted by Gasteiger charge is 2.39. The number of rotatable bonds is 59. The summed E-state index contributed by atoms with van der Waals surface area (Å²) in [6.07, 6.45) is -3.65. The number of guanidine groups is 1. The number of benzene rings is 3. The number of aliphatic hydroxyl groups is 1. The van der Waals surface area contributed by atoms with E-state index < -0.39 is 280 Å². The van der Waals surface area contributed by atoms with Crippen molar-refractivity contribution >= 4 is 165 Å². The predicted molar refractivity (Wildman–Crippen MR) is 470 cm³/mol. The molecule has 47 nitrogen and oxygen atoms in total. The lowest BCUT2D eigenvalue weighted by Gasteiger charge is -2.29. The number of para-hydroxylation sites is 2. The molecule has 0 saturated carbocycles. The number of hydrogen-bond donors (Lipinski definition) is 29. The number of aromatic hydroxyl groups is 1. The zero-order valence-corrected chi connectivity index (χ0v) is 72.5. The molecule has 0 spiro atoms. The van der Waals surface area contributed by atoms with Crippen LogP contribution >= 0.6 is 25.3 Å². The van der Waals surface area contributed by atoms with E-state index >= 15 is 9.59 Å². The second-order valence-electron chi connectivity index (χ2n) is 29.9. The monoisotopic (exact) mass is 1840 g/mol. The SMILES string of the molecule is CC(=O)N[C@@H](CS)C(=O)N[C@@H](CCC(N)=O)C(=O)N[C@H](C(=O)N[C@@H](Cc1c[nH]c2ccccc12)C(=O)N[C@@H](CCC(N)=O)C(=O)N[C@@H](CS)C(=O)N[C@@H](Cc1ccc(O)cc1)C(=O)N[C@@H](Cc1c[nH]c2ccccc12)C(=O)N[C@@H](CCCNC(=N)N)C(=O)N[C@H](CCC(=O)O)C(=O)N[C@@H](CC(N)=O)C(=O)NCC(=O)NCCOCC(=O)N[C@H](CCCCN)C(N)=O)[C@@H](C)O. The number of primary amides is 4. The second kappa shape index (κ2) is 54.4. The van der Waals surface area contributed by atoms with Crippen LogP contribution in [0.15, 0.2) is 85.2 Å². The molecule has 2 heterocycles. The Morgan fingerprint density at radius 2 is 0.868 bits per heavy atom. The summed E-state index contributed by atoms with van der Waals surface area (Å²) >= 11 is 8.44. The van der Waals surface area contributed by atoms with Gasteiger partial charge >= 0.3 is 5.97 Å². The first-order valence-electron chi connectivity index (χ1n) is 40.8. The first-order valence-corrected chi connectivity index (χ1v) is 42.1. The van der Waals surface area contributed by atoms with Crippen molar-refractivity contribution in [1.29, 1.82) is 5.41 Å². The quantitative estimate of drug-likeness (QED) is 0.00744. The number of phenols is 1. The van der Waals surface area contributed by atoms with Crippen molar-refractivity contribution in [3.05, 3.63) is 102 Å². The minimum Gasteiger partial charge on any atom is -0.508 e. The number of nitrogens with two attached hydrogens (primary N) is 6. The van der Waals surface area contributed by atoms with Gasteiger partial charge in [-0.2, -0.15) is 25.3 Å². The van der Waals surface area contributed by atoms with Gasteiger partial charge in [-0.1, -0.05) is 48.5 Å². The number of aromatic nitrogens is 2. The van der Waals surface area contributed by atoms with Crippen molar-refractivity contribution in [3.63, 3.8) is 0 Å². The number of amides is 18. The highest BCUT2D eigenvalue weighted by Crippen LogP contribution is 2.23. The second-order valence-corrected chi connectivity index (χ2v) is 30.6. The maximum Gasteiger partial charge on any atom is 0.303 e. The summed E-state index contributed by atoms with van der Waals surface area (Å²) in [4.78, 5) is 264. The fourth-order valence-corrected chi connectivity index (χ4v) is 13.4. The van der Waals surface area contributed by atoms with Crippen molar-refractivity contribution < 1.29 is 111 Å². The molecule has 49 heteroatoms. The fraction of sp³-hybridized carbons (Fsp3) is 0.475. The summed E-state index contributed by atoms with van der Waals surface area (Å²) in [5, 5.41) is 76.6. The van der Waals surface area contributed by atoms with Gasteiger partial charge < -0.3 is 144 Å². The number of fused-ring (bicyclic) bond motifs is 2. The van der Waals surface area contributed by atoms with E-state index in [1.54, 1.807) is 48.5 Å². The average Bonchev–Trinajstić information content (AvgIpc) is 1.70. The van der Waals surface area contributed by atoms with Crippen molar-refractivity contribution in [2.45, 2.75) is 189 Å². The van der Waals surface area contributed by atoms with Crippen molar-refractivity contribution in [2.75, 3.05) is 50.9 Å². The van der Waals surface area contributed by atoms with E-state index in [-0.39, 0.29) is 56.0 Å². The zero-order chi connectivity index (χ0) is 95.6. The number of hydrogen-bond acceptors (Lipinski definition) is 26. The number of H-pyrrole nitrogens is 2. The van der Waals surface area contributed by atoms with Gasteiger partial charge in [0.25, 0.3) is 0 Å². The predicted octanol–water partition coefficient (Wildman–Crippen LogP) is -8.14. The molecule has 0 unspecified atom stereocenters. The molecule has 33 N–H and O–H groups in total. The Morgan fingerprint density at radius 1 is 0.442 bits per heavy atom. The smallest absolute Gasteiger partial charge is 0.303 e. The molecule has 5 aromatic rings. The number of carboxylic acids is 1. The highest BCUT2D eigenvalue weighted by molar-refractivity contribution is 7.80. The Labute approximate surface area is 749 Å². The summed E-state index contributed by atoms with van der Waals surface area (Å²) in [5.41, 5.74) is 35.0. The first-order chi connectivity index (χ1) is 61.2. The van der Waals surface area contributed by atoms with Crippen molar-refractivity contribution in [2.24, 2.45) is 34.4 Å². The number of aliphatic carboxylic acids is 1. The molecular formula is C80H114N24O23S2. The largest absolute Gasteiger partial charge is 0.508 e. The number of aliphatic hydroxyl groups excluding tert-OH is 1. The standard InChI is InChI=1S/C80H114N24O23S2/c1-40(105)67(104-73(120)53(21-24-62(83)109)98-77(124)59(38-128)93-41(2)106)79(126)102-57(32-44-35-91-49-13-6-4-11-47(44)49)76(123)97-52(20-23-61(82)108)72(119)103-60(39-129)78(125)99-55(30-42-16-18-45(107)19-17-42)74(121)100-56(31-43-34-90-48-12-5-3-10-46(43)48)75(122)95-51(15-9-27-89-80(86)87)70(117)96-54(22-25-66(113)114)71(118)101-58(33-63(84)110)69(116)92-36-64(111)88-28-29-127-37-65(112)94-50(68(85)115)14-7-8-26-81/h3-6,10-13,16-19,34-35,40,50-60,67,90-91,105,107,128-129H,7-9,14-15,20-33,36-39,81H2,1-2H3,(H2,82,108)(H2,83,109)(H2,84,110)(H2,85,115)(H,88,111)(H,92,116)(H,93,106)(H,94,112)(H,95,122)(H,96,117)(H,97,123)(H,98,124)(H,99,125)(H,100,121)(H,101,118)(H,102,126)(H,103,119)(H,104,120)(H,113,114)(H4,86,87,89)/t40-,50-,51+,52+,53+,54-,55+,56+,57+,58+,59+,60+,67+/m1/s1. The van der Waals surface area contributed by atoms with Crippen LogP contribution in [0.2, 0.25) is 0 Å². The molecule has 13 atom stereocenters. The van der Waals surface area contributed by atoms with E-state index in [0.29, 0.717) is 52.3 Å². The van der Waals surface area contributed by atoms with Crippen LogP contribution in [0.3, 0.4) is 0 Å². The molecular weight excluding hydrogens is 1730 g/mol. The van der Waals surface area contributed by atoms with Crippen LogP contribution in [-0.4, -0.2) is 273 Å². The van der Waals surface area contributed by atoms with Crippen LogP contribution < -0.4 is 114 Å². The van der Waals surface area contributed by atoms with Crippen LogP contribution in [0.4, 0.5) is 0 Å². The van der Waals surface area contributed by atoms with Crippen molar-refractivity contribution in [1.82, 2.24) is 89.7 Å². The summed E-state index contributed by atoms with van der Waals surface area (Å²) in [7, 11) is 0. The van der Waals surface area contributed by atoms with Gasteiger partial charge in [0.2, 0.25) is 106 Å². The van der Waals surface area contributed by atoms with E-state index in [1.807, 2.05) is 0 Å². The third-order valence-corrected chi connectivity index (χ3v) is 20.4. The van der Waals surface area contributed by atoms with E-state index in [2.05, 4.69) is 115 Å². The number of phenolic OH excluding ortho intramolecular Hbond substituents is 1. The number of carbonyl (C=O) groups is 19. The van der Waals surface area contributed by atoms with E-state index in [0.717, 1.165) is 13.8 Å². The number of aromatic amines is 2. The number of ether oxygens (including phenoxy) is 1. The van der Waals surface area contributed by atoms with Gasteiger partial charge in [0.1, 0.15) is 84.9 Å². The van der Waals surface area contributed by atoms with Gasteiger partial charge in [-0.15, -0.1) is 0 Å². The molecule has 704 valence electrons. The Kier molecular flexibility index (Phi) is 44.6. The molecule has 0 aliphatic rings. The number of carbonyl (C=O) groups excluding carboxylic acids is 18. The number of unbranched alkanes of at least 4 members (excludes halogenated alkanes) is 1. The van der Waals surface area contributed by atoms with Gasteiger partial charge in [-0.3, -0.25) is 96.5 Å². The molecule has 129 heavy (non-hydrogen) atoms.